The highest BCUT2D eigenvalue weighted by Crippen LogP contribution is 2.19. The van der Waals surface area contributed by atoms with Crippen LogP contribution in [0.15, 0.2) is 18.5 Å². The molecule has 62 valence electrons. The van der Waals surface area contributed by atoms with Gasteiger partial charge in [0.05, 0.1) is 17.4 Å². The predicted octanol–water partition coefficient (Wildman–Crippen LogP) is 1.71. The molecule has 0 radical (unpaired) electrons. The molecule has 2 aromatic rings. The number of fused-ring (bicyclic) bond motifs is 1. The number of hydrogen-bond donors (Lipinski definition) is 2. The van der Waals surface area contributed by atoms with E-state index in [9.17, 15) is 0 Å². The van der Waals surface area contributed by atoms with E-state index in [1.54, 1.807) is 6.33 Å². The van der Waals surface area contributed by atoms with Gasteiger partial charge in [-0.3, -0.25) is 0 Å². The first-order chi connectivity index (χ1) is 5.81. The van der Waals surface area contributed by atoms with Gasteiger partial charge in [-0.05, 0) is 24.1 Å². The van der Waals surface area contributed by atoms with Gasteiger partial charge in [-0.2, -0.15) is 0 Å². The second kappa shape index (κ2) is 2.52. The minimum Gasteiger partial charge on any atom is -0.399 e. The van der Waals surface area contributed by atoms with E-state index in [2.05, 4.69) is 16.9 Å². The van der Waals surface area contributed by atoms with Gasteiger partial charge in [0.2, 0.25) is 0 Å². The molecule has 12 heavy (non-hydrogen) atoms. The zero-order chi connectivity index (χ0) is 8.55. The van der Waals surface area contributed by atoms with Gasteiger partial charge in [-0.25, -0.2) is 4.98 Å². The van der Waals surface area contributed by atoms with E-state index in [4.69, 9.17) is 5.73 Å². The summed E-state index contributed by atoms with van der Waals surface area (Å²) in [5.74, 6) is 0. The summed E-state index contributed by atoms with van der Waals surface area (Å²) in [6.07, 6.45) is 2.66. The number of H-pyrrole nitrogens is 1. The molecule has 3 heteroatoms. The fraction of sp³-hybridized carbons (Fsp3) is 0.222. The van der Waals surface area contributed by atoms with Crippen molar-refractivity contribution >= 4 is 16.7 Å². The Morgan fingerprint density at radius 1 is 1.50 bits per heavy atom. The Hall–Kier alpha value is -1.51. The summed E-state index contributed by atoms with van der Waals surface area (Å²) in [6.45, 7) is 2.10. The summed E-state index contributed by atoms with van der Waals surface area (Å²) in [4.78, 5) is 7.26. The fourth-order valence-corrected chi connectivity index (χ4v) is 1.42. The molecular weight excluding hydrogens is 150 g/mol. The third kappa shape index (κ3) is 0.942. The molecule has 0 amide bonds. The van der Waals surface area contributed by atoms with Crippen LogP contribution in [0.3, 0.4) is 0 Å². The third-order valence-corrected chi connectivity index (χ3v) is 2.01. The van der Waals surface area contributed by atoms with Crippen molar-refractivity contribution in [3.8, 4) is 0 Å². The number of nitrogens with zero attached hydrogens (tertiary/aromatic N) is 1. The number of imidazole rings is 1. The average molecular weight is 161 g/mol. The molecule has 0 aliphatic carbocycles. The Kier molecular flexibility index (Phi) is 1.50. The minimum atomic E-state index is 0.795. The van der Waals surface area contributed by atoms with Crippen molar-refractivity contribution in [1.29, 1.82) is 0 Å². The molecule has 0 aliphatic rings. The number of anilines is 1. The highest BCUT2D eigenvalue weighted by atomic mass is 14.9. The quantitative estimate of drug-likeness (QED) is 0.625. The van der Waals surface area contributed by atoms with Crippen molar-refractivity contribution < 1.29 is 0 Å². The van der Waals surface area contributed by atoms with E-state index >= 15 is 0 Å². The van der Waals surface area contributed by atoms with Gasteiger partial charge >= 0.3 is 0 Å². The largest absolute Gasteiger partial charge is 0.399 e. The minimum absolute atomic E-state index is 0.795. The van der Waals surface area contributed by atoms with Crippen molar-refractivity contribution in [3.63, 3.8) is 0 Å². The van der Waals surface area contributed by atoms with Gasteiger partial charge in [0.25, 0.3) is 0 Å². The van der Waals surface area contributed by atoms with E-state index in [0.717, 1.165) is 23.1 Å². The predicted molar refractivity (Wildman–Crippen MR) is 49.9 cm³/mol. The van der Waals surface area contributed by atoms with Crippen LogP contribution >= 0.6 is 0 Å². The second-order valence-electron chi connectivity index (χ2n) is 2.83. The third-order valence-electron chi connectivity index (χ3n) is 2.01. The molecule has 0 saturated heterocycles. The number of hydrogen-bond acceptors (Lipinski definition) is 2. The SMILES string of the molecule is CCc1cc(N)cc2[nH]cnc12. The summed E-state index contributed by atoms with van der Waals surface area (Å²) < 4.78 is 0. The fourth-order valence-electron chi connectivity index (χ4n) is 1.42. The van der Waals surface area contributed by atoms with Gasteiger partial charge in [0.1, 0.15) is 0 Å². The molecule has 0 spiro atoms. The molecule has 1 heterocycles. The molecule has 1 aromatic carbocycles. The Balaban J connectivity index is 2.80. The van der Waals surface area contributed by atoms with Crippen LogP contribution in [0.1, 0.15) is 12.5 Å². The van der Waals surface area contributed by atoms with Crippen LogP contribution in [0.4, 0.5) is 5.69 Å². The first-order valence-electron chi connectivity index (χ1n) is 4.02. The maximum atomic E-state index is 5.71. The van der Waals surface area contributed by atoms with Crippen LogP contribution in [0.25, 0.3) is 11.0 Å². The van der Waals surface area contributed by atoms with E-state index in [-0.39, 0.29) is 0 Å². The smallest absolute Gasteiger partial charge is 0.0932 e. The monoisotopic (exact) mass is 161 g/mol. The molecule has 1 aromatic heterocycles. The number of nitrogens with two attached hydrogens (primary N) is 1. The molecule has 0 saturated carbocycles. The first-order valence-corrected chi connectivity index (χ1v) is 4.02. The summed E-state index contributed by atoms with van der Waals surface area (Å²) in [6, 6.07) is 3.88. The van der Waals surface area contributed by atoms with Crippen molar-refractivity contribution in [2.75, 3.05) is 5.73 Å². The Morgan fingerprint density at radius 2 is 2.33 bits per heavy atom. The van der Waals surface area contributed by atoms with Crippen molar-refractivity contribution in [1.82, 2.24) is 9.97 Å². The second-order valence-corrected chi connectivity index (χ2v) is 2.83. The van der Waals surface area contributed by atoms with Gasteiger partial charge in [0.15, 0.2) is 0 Å². The van der Waals surface area contributed by atoms with E-state index in [1.165, 1.54) is 5.56 Å². The number of aryl methyl sites for hydroxylation is 1. The molecule has 0 aliphatic heterocycles. The molecule has 2 rings (SSSR count). The van der Waals surface area contributed by atoms with Crippen LogP contribution in [0.5, 0.6) is 0 Å². The van der Waals surface area contributed by atoms with Crippen LogP contribution < -0.4 is 5.73 Å². The molecular formula is C9H11N3. The average Bonchev–Trinajstić information content (AvgIpc) is 2.50. The molecule has 3 nitrogen and oxygen atoms in total. The normalized spacial score (nSPS) is 10.8. The van der Waals surface area contributed by atoms with Gasteiger partial charge in [-0.15, -0.1) is 0 Å². The topological polar surface area (TPSA) is 54.7 Å². The van der Waals surface area contributed by atoms with Crippen LogP contribution in [-0.4, -0.2) is 9.97 Å². The maximum absolute atomic E-state index is 5.71. The molecule has 0 fully saturated rings. The van der Waals surface area contributed by atoms with Gasteiger partial charge in [-0.1, -0.05) is 6.92 Å². The molecule has 3 N–H and O–H groups in total. The first kappa shape index (κ1) is 7.16. The lowest BCUT2D eigenvalue weighted by molar-refractivity contribution is 1.15. The number of aromatic nitrogens is 2. The Labute approximate surface area is 70.6 Å². The number of nitrogens with one attached hydrogen (secondary N) is 1. The van der Waals surface area contributed by atoms with Crippen molar-refractivity contribution in [2.45, 2.75) is 13.3 Å². The van der Waals surface area contributed by atoms with Crippen LogP contribution in [0, 0.1) is 0 Å². The lowest BCUT2D eigenvalue weighted by atomic mass is 10.1. The summed E-state index contributed by atoms with van der Waals surface area (Å²) in [5.41, 5.74) is 9.76. The lowest BCUT2D eigenvalue weighted by Crippen LogP contribution is -1.89. The number of benzene rings is 1. The number of aromatic amines is 1. The highest BCUT2D eigenvalue weighted by Gasteiger charge is 2.02. The van der Waals surface area contributed by atoms with Gasteiger partial charge in [0, 0.05) is 5.69 Å². The standard InChI is InChI=1S/C9H11N3/c1-2-6-3-7(10)4-8-9(6)12-5-11-8/h3-5H,2,10H2,1H3,(H,11,12). The molecule has 0 bridgehead atoms. The van der Waals surface area contributed by atoms with Crippen LogP contribution in [0.2, 0.25) is 0 Å². The van der Waals surface area contributed by atoms with E-state index in [0.29, 0.717) is 0 Å². The van der Waals surface area contributed by atoms with Crippen molar-refractivity contribution in [2.24, 2.45) is 0 Å². The highest BCUT2D eigenvalue weighted by molar-refractivity contribution is 5.81. The summed E-state index contributed by atoms with van der Waals surface area (Å²) in [5, 5.41) is 0. The zero-order valence-corrected chi connectivity index (χ0v) is 6.96. The zero-order valence-electron chi connectivity index (χ0n) is 6.96. The maximum Gasteiger partial charge on any atom is 0.0932 e. The van der Waals surface area contributed by atoms with Crippen molar-refractivity contribution in [3.05, 3.63) is 24.0 Å². The van der Waals surface area contributed by atoms with E-state index < -0.39 is 0 Å². The molecule has 0 atom stereocenters. The Morgan fingerprint density at radius 3 is 3.08 bits per heavy atom. The van der Waals surface area contributed by atoms with E-state index in [1.807, 2.05) is 12.1 Å². The number of rotatable bonds is 1. The summed E-state index contributed by atoms with van der Waals surface area (Å²) in [7, 11) is 0. The van der Waals surface area contributed by atoms with Gasteiger partial charge < -0.3 is 10.7 Å². The Bertz CT molecular complexity index is 403. The summed E-state index contributed by atoms with van der Waals surface area (Å²) >= 11 is 0. The molecule has 0 unspecified atom stereocenters. The van der Waals surface area contributed by atoms with Crippen LogP contribution in [-0.2, 0) is 6.42 Å². The lowest BCUT2D eigenvalue weighted by Gasteiger charge is -1.99. The number of nitrogen functional groups attached to an aromatic ring is 1.